The smallest absolute Gasteiger partial charge is 0.271 e. The van der Waals surface area contributed by atoms with E-state index in [9.17, 15) is 9.59 Å². The molecule has 0 bridgehead atoms. The van der Waals surface area contributed by atoms with Crippen LogP contribution >= 0.6 is 11.5 Å². The number of hydrogen-bond donors (Lipinski definition) is 1. The van der Waals surface area contributed by atoms with E-state index >= 15 is 0 Å². The lowest BCUT2D eigenvalue weighted by Gasteiger charge is -2.17. The van der Waals surface area contributed by atoms with E-state index in [4.69, 9.17) is 4.74 Å². The summed E-state index contributed by atoms with van der Waals surface area (Å²) in [5, 5.41) is 2.91. The molecule has 1 N–H and O–H groups in total. The molecule has 0 radical (unpaired) electrons. The van der Waals surface area contributed by atoms with Gasteiger partial charge in [-0.2, -0.15) is 0 Å². The molecule has 1 aliphatic rings. The highest BCUT2D eigenvalue weighted by Crippen LogP contribution is 2.44. The van der Waals surface area contributed by atoms with E-state index in [1.54, 1.807) is 13.3 Å². The molecule has 0 amide bonds. The van der Waals surface area contributed by atoms with Gasteiger partial charge in [0.2, 0.25) is 5.43 Å². The van der Waals surface area contributed by atoms with Gasteiger partial charge in [-0.15, -0.1) is 0 Å². The van der Waals surface area contributed by atoms with Gasteiger partial charge in [0.1, 0.15) is 10.2 Å². The molecule has 0 spiro atoms. The number of aromatic amines is 1. The van der Waals surface area contributed by atoms with Crippen molar-refractivity contribution in [2.45, 2.75) is 18.9 Å². The summed E-state index contributed by atoms with van der Waals surface area (Å²) in [6.07, 6.45) is 5.66. The molecular weight excluding hydrogens is 398 g/mol. The fourth-order valence-electron chi connectivity index (χ4n) is 4.26. The fourth-order valence-corrected chi connectivity index (χ4v) is 5.18. The highest BCUT2D eigenvalue weighted by atomic mass is 32.1. The number of nitrogens with one attached hydrogen (secondary N) is 1. The molecule has 0 aliphatic heterocycles. The fraction of sp³-hybridized carbons (Fsp3) is 0.174. The van der Waals surface area contributed by atoms with Gasteiger partial charge in [0.15, 0.2) is 5.75 Å². The zero-order chi connectivity index (χ0) is 20.4. The maximum atomic E-state index is 13.2. The number of nitrogens with zero attached hydrogens (tertiary/aromatic N) is 2. The van der Waals surface area contributed by atoms with Crippen LogP contribution in [0, 0.1) is 0 Å². The first kappa shape index (κ1) is 17.4. The normalized spacial score (nSPS) is 14.0. The number of methoxy groups -OCH3 is 1. The van der Waals surface area contributed by atoms with Gasteiger partial charge in [-0.1, -0.05) is 12.1 Å². The third-order valence-electron chi connectivity index (χ3n) is 5.81. The van der Waals surface area contributed by atoms with Gasteiger partial charge in [-0.05, 0) is 59.6 Å². The van der Waals surface area contributed by atoms with E-state index in [1.807, 2.05) is 36.5 Å². The Kier molecular flexibility index (Phi) is 3.64. The molecule has 3 aromatic heterocycles. The predicted octanol–water partition coefficient (Wildman–Crippen LogP) is 4.46. The summed E-state index contributed by atoms with van der Waals surface area (Å²) in [5.41, 5.74) is 2.13. The van der Waals surface area contributed by atoms with E-state index in [-0.39, 0.29) is 22.4 Å². The van der Waals surface area contributed by atoms with E-state index in [1.165, 1.54) is 11.5 Å². The molecule has 1 fully saturated rings. The van der Waals surface area contributed by atoms with E-state index in [0.29, 0.717) is 16.0 Å². The maximum absolute atomic E-state index is 13.2. The molecule has 1 saturated carbocycles. The second-order valence-corrected chi connectivity index (χ2v) is 8.42. The molecule has 5 aromatic rings. The minimum atomic E-state index is -0.317. The van der Waals surface area contributed by atoms with Crippen molar-refractivity contribution in [1.82, 2.24) is 13.9 Å². The number of aromatic nitrogens is 3. The van der Waals surface area contributed by atoms with Crippen molar-refractivity contribution in [3.05, 3.63) is 69.4 Å². The Morgan fingerprint density at radius 2 is 2.00 bits per heavy atom. The Hall–Kier alpha value is -3.45. The molecule has 30 heavy (non-hydrogen) atoms. The van der Waals surface area contributed by atoms with Gasteiger partial charge in [-0.25, -0.2) is 0 Å². The van der Waals surface area contributed by atoms with Crippen LogP contribution in [0.5, 0.6) is 5.75 Å². The second kappa shape index (κ2) is 6.27. The minimum absolute atomic E-state index is 0.242. The molecule has 0 unspecified atom stereocenters. The second-order valence-electron chi connectivity index (χ2n) is 7.62. The van der Waals surface area contributed by atoms with Crippen molar-refractivity contribution in [2.75, 3.05) is 7.11 Å². The SMILES string of the molecule is COc1c(-c2ccc3cnccc3c2)ccc2c(=O)c3c(=O)[nH]sc3n(C3CC3)c12. The number of H-pyrrole nitrogens is 1. The molecule has 6 nitrogen and oxygen atoms in total. The highest BCUT2D eigenvalue weighted by molar-refractivity contribution is 7.12. The number of hydrogen-bond acceptors (Lipinski definition) is 5. The zero-order valence-corrected chi connectivity index (χ0v) is 17.0. The first-order chi connectivity index (χ1) is 14.7. The van der Waals surface area contributed by atoms with Crippen LogP contribution in [0.25, 0.3) is 43.0 Å². The van der Waals surface area contributed by atoms with Crippen molar-refractivity contribution < 1.29 is 4.74 Å². The quantitative estimate of drug-likeness (QED) is 0.472. The Morgan fingerprint density at radius 3 is 2.80 bits per heavy atom. The summed E-state index contributed by atoms with van der Waals surface area (Å²) in [7, 11) is 1.63. The van der Waals surface area contributed by atoms with Crippen LogP contribution < -0.4 is 15.7 Å². The van der Waals surface area contributed by atoms with Crippen molar-refractivity contribution in [3.63, 3.8) is 0 Å². The summed E-state index contributed by atoms with van der Waals surface area (Å²) in [5.74, 6) is 0.660. The summed E-state index contributed by atoms with van der Waals surface area (Å²) in [6, 6.07) is 12.2. The molecule has 2 aromatic carbocycles. The van der Waals surface area contributed by atoms with Gasteiger partial charge in [0.25, 0.3) is 5.56 Å². The lowest BCUT2D eigenvalue weighted by molar-refractivity contribution is 0.419. The maximum Gasteiger partial charge on any atom is 0.271 e. The Labute approximate surface area is 174 Å². The Morgan fingerprint density at radius 1 is 1.13 bits per heavy atom. The molecule has 7 heteroatoms. The number of rotatable bonds is 3. The summed E-state index contributed by atoms with van der Waals surface area (Å²) >= 11 is 1.22. The third kappa shape index (κ3) is 2.39. The predicted molar refractivity (Wildman–Crippen MR) is 120 cm³/mol. The first-order valence-electron chi connectivity index (χ1n) is 9.78. The van der Waals surface area contributed by atoms with Crippen LogP contribution in [0.15, 0.2) is 58.4 Å². The van der Waals surface area contributed by atoms with Gasteiger partial charge >= 0.3 is 0 Å². The summed E-state index contributed by atoms with van der Waals surface area (Å²) in [6.45, 7) is 0. The molecular formula is C23H17N3O3S. The Bertz CT molecular complexity index is 1590. The van der Waals surface area contributed by atoms with Crippen LogP contribution in [0.2, 0.25) is 0 Å². The van der Waals surface area contributed by atoms with E-state index in [2.05, 4.69) is 20.0 Å². The summed E-state index contributed by atoms with van der Waals surface area (Å²) < 4.78 is 10.8. The first-order valence-corrected chi connectivity index (χ1v) is 10.6. The summed E-state index contributed by atoms with van der Waals surface area (Å²) in [4.78, 5) is 30.4. The van der Waals surface area contributed by atoms with Crippen molar-refractivity contribution in [3.8, 4) is 16.9 Å². The lowest BCUT2D eigenvalue weighted by atomic mass is 9.99. The molecule has 3 heterocycles. The average Bonchev–Trinajstić information content (AvgIpc) is 3.54. The number of pyridine rings is 2. The van der Waals surface area contributed by atoms with E-state index in [0.717, 1.165) is 40.3 Å². The molecule has 0 atom stereocenters. The van der Waals surface area contributed by atoms with Gasteiger partial charge < -0.3 is 9.30 Å². The molecule has 6 rings (SSSR count). The average molecular weight is 415 g/mol. The van der Waals surface area contributed by atoms with Crippen molar-refractivity contribution in [1.29, 1.82) is 0 Å². The van der Waals surface area contributed by atoms with Gasteiger partial charge in [0, 0.05) is 29.4 Å². The van der Waals surface area contributed by atoms with E-state index < -0.39 is 0 Å². The zero-order valence-electron chi connectivity index (χ0n) is 16.1. The van der Waals surface area contributed by atoms with Crippen LogP contribution in [-0.4, -0.2) is 21.0 Å². The minimum Gasteiger partial charge on any atom is -0.494 e. The lowest BCUT2D eigenvalue weighted by Crippen LogP contribution is -2.15. The highest BCUT2D eigenvalue weighted by Gasteiger charge is 2.30. The standard InChI is InChI=1S/C23H17N3O3S/c1-29-21-16(13-2-3-14-11-24-9-8-12(14)10-13)6-7-17-19(21)26(15-4-5-15)23-18(20(17)27)22(28)25-30-23/h2-3,6-11,15H,4-5H2,1H3,(H,25,28). The topological polar surface area (TPSA) is 77.0 Å². The molecule has 1 aliphatic carbocycles. The van der Waals surface area contributed by atoms with Crippen molar-refractivity contribution >= 4 is 43.4 Å². The number of ether oxygens (including phenoxy) is 1. The van der Waals surface area contributed by atoms with Gasteiger partial charge in [-0.3, -0.25) is 18.9 Å². The van der Waals surface area contributed by atoms with Crippen LogP contribution in [-0.2, 0) is 0 Å². The van der Waals surface area contributed by atoms with Crippen LogP contribution in [0.1, 0.15) is 18.9 Å². The van der Waals surface area contributed by atoms with Crippen molar-refractivity contribution in [2.24, 2.45) is 0 Å². The third-order valence-corrected chi connectivity index (χ3v) is 6.69. The van der Waals surface area contributed by atoms with Gasteiger partial charge in [0.05, 0.1) is 18.0 Å². The number of benzene rings is 2. The van der Waals surface area contributed by atoms with Crippen LogP contribution in [0.3, 0.4) is 0 Å². The molecule has 0 saturated heterocycles. The van der Waals surface area contributed by atoms with Crippen LogP contribution in [0.4, 0.5) is 0 Å². The Balaban J connectivity index is 1.75. The largest absolute Gasteiger partial charge is 0.494 e. The molecule has 148 valence electrons. The number of fused-ring (bicyclic) bond motifs is 3. The monoisotopic (exact) mass is 415 g/mol.